The third-order valence-electron chi connectivity index (χ3n) is 5.69. The highest BCUT2D eigenvalue weighted by Gasteiger charge is 2.27. The topological polar surface area (TPSA) is 50.7 Å². The number of benzene rings is 1. The molecule has 2 saturated heterocycles. The molecule has 2 fully saturated rings. The SMILES string of the molecule is COc1ccc(OC)c(-c2nnc(N3CCC(N4CCCCC4)CC3)s2)c1. The number of anilines is 1. The summed E-state index contributed by atoms with van der Waals surface area (Å²) < 4.78 is 10.9. The van der Waals surface area contributed by atoms with Gasteiger partial charge in [-0.1, -0.05) is 17.8 Å². The maximum atomic E-state index is 5.50. The number of nitrogens with zero attached hydrogens (tertiary/aromatic N) is 4. The number of hydrogen-bond donors (Lipinski definition) is 0. The summed E-state index contributed by atoms with van der Waals surface area (Å²) in [5, 5.41) is 10.8. The second-order valence-electron chi connectivity index (χ2n) is 7.27. The second kappa shape index (κ2) is 8.44. The van der Waals surface area contributed by atoms with E-state index in [2.05, 4.69) is 20.0 Å². The van der Waals surface area contributed by atoms with E-state index in [4.69, 9.17) is 9.47 Å². The number of rotatable bonds is 5. The Labute approximate surface area is 165 Å². The van der Waals surface area contributed by atoms with Gasteiger partial charge in [-0.25, -0.2) is 0 Å². The van der Waals surface area contributed by atoms with Crippen molar-refractivity contribution in [1.82, 2.24) is 15.1 Å². The van der Waals surface area contributed by atoms with Gasteiger partial charge >= 0.3 is 0 Å². The molecule has 2 aliphatic rings. The first-order valence-corrected chi connectivity index (χ1v) is 10.6. The van der Waals surface area contributed by atoms with Crippen LogP contribution in [0.15, 0.2) is 18.2 Å². The fourth-order valence-electron chi connectivity index (χ4n) is 4.14. The van der Waals surface area contributed by atoms with Crippen LogP contribution in [0.5, 0.6) is 11.5 Å². The largest absolute Gasteiger partial charge is 0.497 e. The smallest absolute Gasteiger partial charge is 0.208 e. The zero-order valence-electron chi connectivity index (χ0n) is 16.2. The molecule has 6 nitrogen and oxygen atoms in total. The predicted molar refractivity (Wildman–Crippen MR) is 109 cm³/mol. The maximum Gasteiger partial charge on any atom is 0.208 e. The van der Waals surface area contributed by atoms with E-state index in [1.165, 1.54) is 45.2 Å². The zero-order chi connectivity index (χ0) is 18.6. The van der Waals surface area contributed by atoms with Gasteiger partial charge in [0.1, 0.15) is 11.5 Å². The van der Waals surface area contributed by atoms with Crippen LogP contribution in [0.4, 0.5) is 5.13 Å². The molecule has 0 aliphatic carbocycles. The molecule has 3 heterocycles. The van der Waals surface area contributed by atoms with Gasteiger partial charge in [-0.15, -0.1) is 10.2 Å². The summed E-state index contributed by atoms with van der Waals surface area (Å²) in [4.78, 5) is 5.09. The van der Waals surface area contributed by atoms with Crippen molar-refractivity contribution < 1.29 is 9.47 Å². The summed E-state index contributed by atoms with van der Waals surface area (Å²) in [6, 6.07) is 6.52. The monoisotopic (exact) mass is 388 g/mol. The van der Waals surface area contributed by atoms with Crippen molar-refractivity contribution in [3.63, 3.8) is 0 Å². The highest BCUT2D eigenvalue weighted by Crippen LogP contribution is 2.37. The van der Waals surface area contributed by atoms with Crippen LogP contribution in [0, 0.1) is 0 Å². The molecule has 0 saturated carbocycles. The Bertz CT molecular complexity index is 752. The summed E-state index contributed by atoms with van der Waals surface area (Å²) in [6.07, 6.45) is 6.57. The summed E-state index contributed by atoms with van der Waals surface area (Å²) >= 11 is 1.63. The van der Waals surface area contributed by atoms with Crippen LogP contribution in [0.2, 0.25) is 0 Å². The minimum absolute atomic E-state index is 0.743. The highest BCUT2D eigenvalue weighted by molar-refractivity contribution is 7.18. The van der Waals surface area contributed by atoms with Crippen LogP contribution in [0.25, 0.3) is 10.6 Å². The Morgan fingerprint density at radius 3 is 2.44 bits per heavy atom. The molecule has 146 valence electrons. The van der Waals surface area contributed by atoms with Crippen LogP contribution in [-0.2, 0) is 0 Å². The quantitative estimate of drug-likeness (QED) is 0.779. The molecule has 2 aromatic rings. The molecule has 0 atom stereocenters. The number of piperidine rings is 2. The van der Waals surface area contributed by atoms with E-state index in [9.17, 15) is 0 Å². The van der Waals surface area contributed by atoms with Gasteiger partial charge in [0.15, 0.2) is 5.01 Å². The maximum absolute atomic E-state index is 5.50. The molecular weight excluding hydrogens is 360 g/mol. The molecule has 0 spiro atoms. The van der Waals surface area contributed by atoms with Crippen LogP contribution in [0.1, 0.15) is 32.1 Å². The lowest BCUT2D eigenvalue weighted by atomic mass is 10.0. The Morgan fingerprint density at radius 1 is 0.963 bits per heavy atom. The Morgan fingerprint density at radius 2 is 1.74 bits per heavy atom. The first kappa shape index (κ1) is 18.5. The van der Waals surface area contributed by atoms with E-state index in [-0.39, 0.29) is 0 Å². The van der Waals surface area contributed by atoms with Gasteiger partial charge in [0.2, 0.25) is 5.13 Å². The molecule has 1 aromatic heterocycles. The summed E-state index contributed by atoms with van der Waals surface area (Å²) in [5.41, 5.74) is 0.934. The van der Waals surface area contributed by atoms with Gasteiger partial charge in [-0.3, -0.25) is 0 Å². The molecular formula is C20H28N4O2S. The number of likely N-dealkylation sites (tertiary alicyclic amines) is 1. The minimum Gasteiger partial charge on any atom is -0.497 e. The fraction of sp³-hybridized carbons (Fsp3) is 0.600. The first-order valence-electron chi connectivity index (χ1n) is 9.83. The second-order valence-corrected chi connectivity index (χ2v) is 8.23. The van der Waals surface area contributed by atoms with E-state index >= 15 is 0 Å². The van der Waals surface area contributed by atoms with Crippen LogP contribution in [-0.4, -0.2) is 61.5 Å². The van der Waals surface area contributed by atoms with Crippen LogP contribution in [0.3, 0.4) is 0 Å². The number of hydrogen-bond acceptors (Lipinski definition) is 7. The Kier molecular flexibility index (Phi) is 5.78. The molecule has 0 radical (unpaired) electrons. The Hall–Kier alpha value is -1.86. The average Bonchev–Trinajstić information content (AvgIpc) is 3.24. The third kappa shape index (κ3) is 4.04. The van der Waals surface area contributed by atoms with Gasteiger partial charge < -0.3 is 19.3 Å². The molecule has 1 aromatic carbocycles. The summed E-state index contributed by atoms with van der Waals surface area (Å²) in [5.74, 6) is 1.59. The standard InChI is InChI=1S/C20H28N4O2S/c1-25-16-6-7-18(26-2)17(14-16)19-21-22-20(27-19)24-12-8-15(9-13-24)23-10-4-3-5-11-23/h6-7,14-15H,3-5,8-13H2,1-2H3. The van der Waals surface area contributed by atoms with Crippen molar-refractivity contribution in [1.29, 1.82) is 0 Å². The van der Waals surface area contributed by atoms with Crippen molar-refractivity contribution in [2.45, 2.75) is 38.1 Å². The highest BCUT2D eigenvalue weighted by atomic mass is 32.1. The van der Waals surface area contributed by atoms with E-state index in [0.29, 0.717) is 0 Å². The van der Waals surface area contributed by atoms with Gasteiger partial charge in [0.25, 0.3) is 0 Å². The molecule has 0 bridgehead atoms. The van der Waals surface area contributed by atoms with Crippen LogP contribution < -0.4 is 14.4 Å². The lowest BCUT2D eigenvalue weighted by Gasteiger charge is -2.40. The van der Waals surface area contributed by atoms with E-state index in [1.807, 2.05) is 18.2 Å². The number of ether oxygens (including phenoxy) is 2. The molecule has 0 N–H and O–H groups in total. The first-order chi connectivity index (χ1) is 13.3. The molecule has 4 rings (SSSR count). The van der Waals surface area contributed by atoms with Crippen molar-refractivity contribution in [3.05, 3.63) is 18.2 Å². The lowest BCUT2D eigenvalue weighted by Crippen LogP contribution is -2.46. The van der Waals surface area contributed by atoms with E-state index in [1.54, 1.807) is 25.6 Å². The molecule has 2 aliphatic heterocycles. The lowest BCUT2D eigenvalue weighted by molar-refractivity contribution is 0.141. The van der Waals surface area contributed by atoms with Crippen molar-refractivity contribution in [2.24, 2.45) is 0 Å². The van der Waals surface area contributed by atoms with Crippen molar-refractivity contribution in [3.8, 4) is 22.1 Å². The van der Waals surface area contributed by atoms with E-state index < -0.39 is 0 Å². The average molecular weight is 389 g/mol. The fourth-order valence-corrected chi connectivity index (χ4v) is 5.06. The zero-order valence-corrected chi connectivity index (χ0v) is 17.0. The molecule has 7 heteroatoms. The molecule has 0 amide bonds. The minimum atomic E-state index is 0.743. The Balaban J connectivity index is 1.44. The van der Waals surface area contributed by atoms with Crippen molar-refractivity contribution in [2.75, 3.05) is 45.3 Å². The van der Waals surface area contributed by atoms with Gasteiger partial charge in [-0.05, 0) is 57.0 Å². The summed E-state index contributed by atoms with van der Waals surface area (Å²) in [7, 11) is 3.35. The summed E-state index contributed by atoms with van der Waals surface area (Å²) in [6.45, 7) is 4.68. The van der Waals surface area contributed by atoms with E-state index in [0.717, 1.165) is 46.3 Å². The predicted octanol–water partition coefficient (Wildman–Crippen LogP) is 3.68. The third-order valence-corrected chi connectivity index (χ3v) is 6.71. The van der Waals surface area contributed by atoms with Crippen molar-refractivity contribution >= 4 is 16.5 Å². The normalized spacial score (nSPS) is 19.3. The van der Waals surface area contributed by atoms with Crippen LogP contribution >= 0.6 is 11.3 Å². The van der Waals surface area contributed by atoms with Gasteiger partial charge in [0, 0.05) is 19.1 Å². The number of methoxy groups -OCH3 is 2. The van der Waals surface area contributed by atoms with Gasteiger partial charge in [-0.2, -0.15) is 0 Å². The number of aromatic nitrogens is 2. The molecule has 27 heavy (non-hydrogen) atoms. The molecule has 0 unspecified atom stereocenters. The van der Waals surface area contributed by atoms with Gasteiger partial charge in [0.05, 0.1) is 19.8 Å².